The van der Waals surface area contributed by atoms with E-state index in [-0.39, 0.29) is 0 Å². The minimum Gasteiger partial charge on any atom is -0.330 e. The molecule has 2 unspecified atom stereocenters. The summed E-state index contributed by atoms with van der Waals surface area (Å²) < 4.78 is 0. The highest BCUT2D eigenvalue weighted by molar-refractivity contribution is 4.94. The first-order chi connectivity index (χ1) is 4.57. The van der Waals surface area contributed by atoms with E-state index in [9.17, 15) is 0 Å². The number of nitrogens with two attached hydrogens (primary N) is 1. The highest BCUT2D eigenvalue weighted by Crippen LogP contribution is 2.16. The highest BCUT2D eigenvalue weighted by Gasteiger charge is 2.06. The maximum absolute atomic E-state index is 5.49. The number of allylic oxidation sites excluding steroid dienone is 1. The van der Waals surface area contributed by atoms with Gasteiger partial charge in [0.1, 0.15) is 0 Å². The van der Waals surface area contributed by atoms with Crippen molar-refractivity contribution < 1.29 is 0 Å². The van der Waals surface area contributed by atoms with Crippen molar-refractivity contribution in [3.05, 3.63) is 12.2 Å². The lowest BCUT2D eigenvalue weighted by Gasteiger charge is -2.14. The molecule has 60 valence electrons. The van der Waals surface area contributed by atoms with Gasteiger partial charge in [0.2, 0.25) is 0 Å². The van der Waals surface area contributed by atoms with Gasteiger partial charge in [-0.25, -0.2) is 0 Å². The Morgan fingerprint density at radius 3 is 2.30 bits per heavy atom. The Balaban J connectivity index is 3.56. The quantitative estimate of drug-likeness (QED) is 0.597. The molecule has 0 heterocycles. The van der Waals surface area contributed by atoms with Crippen LogP contribution in [0.25, 0.3) is 0 Å². The third kappa shape index (κ3) is 3.67. The summed E-state index contributed by atoms with van der Waals surface area (Å²) in [5.41, 5.74) is 6.75. The summed E-state index contributed by atoms with van der Waals surface area (Å²) in [6.45, 7) is 11.2. The van der Waals surface area contributed by atoms with E-state index in [0.29, 0.717) is 11.8 Å². The largest absolute Gasteiger partial charge is 0.330 e. The van der Waals surface area contributed by atoms with Gasteiger partial charge in [-0.2, -0.15) is 0 Å². The maximum atomic E-state index is 5.49. The molecule has 0 spiro atoms. The van der Waals surface area contributed by atoms with Gasteiger partial charge in [-0.15, -0.1) is 0 Å². The van der Waals surface area contributed by atoms with Crippen LogP contribution in [-0.4, -0.2) is 6.54 Å². The lowest BCUT2D eigenvalue weighted by molar-refractivity contribution is 0.462. The van der Waals surface area contributed by atoms with Gasteiger partial charge in [-0.3, -0.25) is 0 Å². The predicted octanol–water partition coefficient (Wildman–Crippen LogP) is 2.18. The van der Waals surface area contributed by atoms with E-state index in [1.807, 2.05) is 0 Å². The smallest absolute Gasteiger partial charge is 0.00513 e. The van der Waals surface area contributed by atoms with Crippen LogP contribution >= 0.6 is 0 Å². The van der Waals surface area contributed by atoms with Crippen LogP contribution < -0.4 is 5.73 Å². The third-order valence-electron chi connectivity index (χ3n) is 2.00. The predicted molar refractivity (Wildman–Crippen MR) is 46.8 cm³/mol. The van der Waals surface area contributed by atoms with Crippen molar-refractivity contribution in [3.63, 3.8) is 0 Å². The molecule has 0 fully saturated rings. The summed E-state index contributed by atoms with van der Waals surface area (Å²) in [7, 11) is 0. The van der Waals surface area contributed by atoms with Gasteiger partial charge in [-0.05, 0) is 31.7 Å². The van der Waals surface area contributed by atoms with Crippen molar-refractivity contribution in [2.24, 2.45) is 17.6 Å². The van der Waals surface area contributed by atoms with Crippen molar-refractivity contribution in [1.29, 1.82) is 0 Å². The average molecular weight is 141 g/mol. The molecule has 0 rings (SSSR count). The van der Waals surface area contributed by atoms with Crippen LogP contribution in [0.1, 0.15) is 27.2 Å². The first-order valence-electron chi connectivity index (χ1n) is 3.93. The molecule has 0 aliphatic heterocycles. The summed E-state index contributed by atoms with van der Waals surface area (Å²) >= 11 is 0. The van der Waals surface area contributed by atoms with E-state index < -0.39 is 0 Å². The fourth-order valence-electron chi connectivity index (χ4n) is 0.901. The third-order valence-corrected chi connectivity index (χ3v) is 2.00. The SMILES string of the molecule is C=C(C)C(C)CC(C)CN. The zero-order valence-electron chi connectivity index (χ0n) is 7.35. The van der Waals surface area contributed by atoms with Crippen molar-refractivity contribution in [1.82, 2.24) is 0 Å². The zero-order valence-corrected chi connectivity index (χ0v) is 7.35. The van der Waals surface area contributed by atoms with Crippen LogP contribution in [0, 0.1) is 11.8 Å². The second-order valence-electron chi connectivity index (χ2n) is 3.32. The van der Waals surface area contributed by atoms with E-state index >= 15 is 0 Å². The van der Waals surface area contributed by atoms with E-state index in [2.05, 4.69) is 27.4 Å². The number of hydrogen-bond acceptors (Lipinski definition) is 1. The monoisotopic (exact) mass is 141 g/mol. The van der Waals surface area contributed by atoms with Crippen LogP contribution in [0.5, 0.6) is 0 Å². The van der Waals surface area contributed by atoms with Crippen molar-refractivity contribution in [3.8, 4) is 0 Å². The molecular weight excluding hydrogens is 122 g/mol. The Hall–Kier alpha value is -0.300. The fourth-order valence-corrected chi connectivity index (χ4v) is 0.901. The molecule has 10 heavy (non-hydrogen) atoms. The Morgan fingerprint density at radius 2 is 2.00 bits per heavy atom. The van der Waals surface area contributed by atoms with E-state index in [0.717, 1.165) is 6.54 Å². The molecule has 0 bridgehead atoms. The molecule has 2 N–H and O–H groups in total. The van der Waals surface area contributed by atoms with Crippen LogP contribution in [-0.2, 0) is 0 Å². The molecule has 0 radical (unpaired) electrons. The standard InChI is InChI=1S/C9H19N/c1-7(2)9(4)5-8(3)6-10/h8-9H,1,5-6,10H2,2-4H3. The van der Waals surface area contributed by atoms with Crippen molar-refractivity contribution >= 4 is 0 Å². The summed E-state index contributed by atoms with van der Waals surface area (Å²) in [5.74, 6) is 1.25. The Bertz CT molecular complexity index is 107. The Labute approximate surface area is 64.3 Å². The molecule has 0 aliphatic rings. The lowest BCUT2D eigenvalue weighted by atomic mass is 9.93. The van der Waals surface area contributed by atoms with E-state index in [1.165, 1.54) is 12.0 Å². The van der Waals surface area contributed by atoms with Crippen molar-refractivity contribution in [2.75, 3.05) is 6.54 Å². The summed E-state index contributed by atoms with van der Waals surface area (Å²) in [6.07, 6.45) is 1.17. The highest BCUT2D eigenvalue weighted by atomic mass is 14.5. The fraction of sp³-hybridized carbons (Fsp3) is 0.778. The average Bonchev–Trinajstić information content (AvgIpc) is 1.87. The number of rotatable bonds is 4. The van der Waals surface area contributed by atoms with E-state index in [1.54, 1.807) is 0 Å². The Kier molecular flexibility index (Phi) is 4.37. The van der Waals surface area contributed by atoms with Gasteiger partial charge >= 0.3 is 0 Å². The summed E-state index contributed by atoms with van der Waals surface area (Å²) in [4.78, 5) is 0. The first kappa shape index (κ1) is 9.70. The normalized spacial score (nSPS) is 16.4. The molecule has 2 atom stereocenters. The molecule has 0 amide bonds. The van der Waals surface area contributed by atoms with Gasteiger partial charge in [0.15, 0.2) is 0 Å². The summed E-state index contributed by atoms with van der Waals surface area (Å²) in [6, 6.07) is 0. The van der Waals surface area contributed by atoms with Crippen LogP contribution in [0.4, 0.5) is 0 Å². The van der Waals surface area contributed by atoms with Gasteiger partial charge in [0.05, 0.1) is 0 Å². The second-order valence-corrected chi connectivity index (χ2v) is 3.32. The molecule has 0 saturated heterocycles. The van der Waals surface area contributed by atoms with Gasteiger partial charge in [0, 0.05) is 0 Å². The summed E-state index contributed by atoms with van der Waals surface area (Å²) in [5, 5.41) is 0. The Morgan fingerprint density at radius 1 is 1.50 bits per heavy atom. The molecule has 0 aromatic heterocycles. The zero-order chi connectivity index (χ0) is 8.15. The van der Waals surface area contributed by atoms with Gasteiger partial charge in [-0.1, -0.05) is 26.0 Å². The minimum atomic E-state index is 0.624. The minimum absolute atomic E-state index is 0.624. The first-order valence-corrected chi connectivity index (χ1v) is 3.93. The van der Waals surface area contributed by atoms with Crippen molar-refractivity contribution in [2.45, 2.75) is 27.2 Å². The van der Waals surface area contributed by atoms with Crippen LogP contribution in [0.2, 0.25) is 0 Å². The molecule has 0 aromatic carbocycles. The topological polar surface area (TPSA) is 26.0 Å². The number of hydrogen-bond donors (Lipinski definition) is 1. The van der Waals surface area contributed by atoms with E-state index in [4.69, 9.17) is 5.73 Å². The molecule has 0 saturated carbocycles. The van der Waals surface area contributed by atoms with Crippen LogP contribution in [0.3, 0.4) is 0 Å². The molecule has 1 heteroatoms. The lowest BCUT2D eigenvalue weighted by Crippen LogP contribution is -2.14. The van der Waals surface area contributed by atoms with Crippen LogP contribution in [0.15, 0.2) is 12.2 Å². The maximum Gasteiger partial charge on any atom is -0.00513 e. The molecule has 0 aliphatic carbocycles. The molecule has 0 aromatic rings. The van der Waals surface area contributed by atoms with Gasteiger partial charge in [0.25, 0.3) is 0 Å². The molecule has 1 nitrogen and oxygen atoms in total. The second kappa shape index (κ2) is 4.51. The van der Waals surface area contributed by atoms with Gasteiger partial charge < -0.3 is 5.73 Å². The molecular formula is C9H19N.